The molecule has 1 unspecified atom stereocenters. The molecule has 0 aromatic carbocycles. The average Bonchev–Trinajstić information content (AvgIpc) is 2.15. The molecular formula is C14H30N2. The van der Waals surface area contributed by atoms with Crippen molar-refractivity contribution in [3.8, 4) is 0 Å². The van der Waals surface area contributed by atoms with E-state index in [1.807, 2.05) is 0 Å². The maximum absolute atomic E-state index is 2.68. The molecule has 96 valence electrons. The van der Waals surface area contributed by atoms with Gasteiger partial charge in [-0.25, -0.2) is 0 Å². The molecule has 1 fully saturated rings. The van der Waals surface area contributed by atoms with Crippen LogP contribution in [0, 0.1) is 5.41 Å². The van der Waals surface area contributed by atoms with Gasteiger partial charge in [-0.05, 0) is 33.1 Å². The van der Waals surface area contributed by atoms with E-state index in [1.54, 1.807) is 0 Å². The van der Waals surface area contributed by atoms with Crippen molar-refractivity contribution < 1.29 is 0 Å². The molecule has 1 atom stereocenters. The highest BCUT2D eigenvalue weighted by Crippen LogP contribution is 2.29. The second kappa shape index (κ2) is 5.05. The normalized spacial score (nSPS) is 25.7. The highest BCUT2D eigenvalue weighted by molar-refractivity contribution is 4.92. The number of hydrogen-bond donors (Lipinski definition) is 0. The Kier molecular flexibility index (Phi) is 4.42. The molecule has 0 saturated carbocycles. The maximum atomic E-state index is 2.68. The highest BCUT2D eigenvalue weighted by Gasteiger charge is 2.36. The van der Waals surface area contributed by atoms with Gasteiger partial charge in [-0.15, -0.1) is 0 Å². The van der Waals surface area contributed by atoms with E-state index in [-0.39, 0.29) is 0 Å². The van der Waals surface area contributed by atoms with E-state index in [4.69, 9.17) is 0 Å². The largest absolute Gasteiger partial charge is 0.298 e. The van der Waals surface area contributed by atoms with Crippen molar-refractivity contribution in [3.05, 3.63) is 0 Å². The Morgan fingerprint density at radius 3 is 1.88 bits per heavy atom. The third-order valence-corrected chi connectivity index (χ3v) is 3.85. The van der Waals surface area contributed by atoms with Gasteiger partial charge in [0.1, 0.15) is 0 Å². The summed E-state index contributed by atoms with van der Waals surface area (Å²) in [7, 11) is 0. The zero-order valence-electron chi connectivity index (χ0n) is 12.2. The second-order valence-corrected chi connectivity index (χ2v) is 6.80. The lowest BCUT2D eigenvalue weighted by Gasteiger charge is -2.50. The second-order valence-electron chi connectivity index (χ2n) is 6.80. The lowest BCUT2D eigenvalue weighted by atomic mass is 9.83. The number of nitrogens with zero attached hydrogens (tertiary/aromatic N) is 2. The summed E-state index contributed by atoms with van der Waals surface area (Å²) in [5.74, 6) is 0. The van der Waals surface area contributed by atoms with Gasteiger partial charge in [0.25, 0.3) is 0 Å². The van der Waals surface area contributed by atoms with E-state index in [0.717, 1.165) is 0 Å². The molecule has 0 aromatic rings. The topological polar surface area (TPSA) is 6.48 Å². The summed E-state index contributed by atoms with van der Waals surface area (Å²) >= 11 is 0. The van der Waals surface area contributed by atoms with Crippen LogP contribution >= 0.6 is 0 Å². The molecule has 0 aromatic heterocycles. The molecule has 16 heavy (non-hydrogen) atoms. The van der Waals surface area contributed by atoms with Crippen molar-refractivity contribution in [2.75, 3.05) is 19.6 Å². The Bertz CT molecular complexity index is 215. The smallest absolute Gasteiger partial charge is 0.0274 e. The van der Waals surface area contributed by atoms with Crippen molar-refractivity contribution in [1.29, 1.82) is 0 Å². The summed E-state index contributed by atoms with van der Waals surface area (Å²) in [6, 6.07) is 2.03. The van der Waals surface area contributed by atoms with Gasteiger partial charge in [0.05, 0.1) is 0 Å². The van der Waals surface area contributed by atoms with E-state index in [2.05, 4.69) is 58.3 Å². The van der Waals surface area contributed by atoms with Gasteiger partial charge >= 0.3 is 0 Å². The van der Waals surface area contributed by atoms with Gasteiger partial charge < -0.3 is 0 Å². The van der Waals surface area contributed by atoms with Crippen LogP contribution in [0.4, 0.5) is 0 Å². The van der Waals surface area contributed by atoms with Crippen LogP contribution in [0.25, 0.3) is 0 Å². The van der Waals surface area contributed by atoms with E-state index in [0.29, 0.717) is 23.5 Å². The van der Waals surface area contributed by atoms with Crippen LogP contribution in [0.15, 0.2) is 0 Å². The first-order chi connectivity index (χ1) is 7.23. The minimum absolute atomic E-state index is 0.373. The molecule has 1 saturated heterocycles. The Hall–Kier alpha value is -0.0800. The van der Waals surface area contributed by atoms with Gasteiger partial charge in [0.2, 0.25) is 0 Å². The predicted molar refractivity (Wildman–Crippen MR) is 71.8 cm³/mol. The molecule has 0 N–H and O–H groups in total. The van der Waals surface area contributed by atoms with Crippen LogP contribution in [0.3, 0.4) is 0 Å². The first-order valence-corrected chi connectivity index (χ1v) is 6.73. The summed E-state index contributed by atoms with van der Waals surface area (Å²) in [5, 5.41) is 0. The Morgan fingerprint density at radius 1 is 0.938 bits per heavy atom. The summed E-state index contributed by atoms with van der Waals surface area (Å²) < 4.78 is 0. The Balaban J connectivity index is 2.78. The van der Waals surface area contributed by atoms with Gasteiger partial charge in [0.15, 0.2) is 0 Å². The van der Waals surface area contributed by atoms with Crippen molar-refractivity contribution >= 4 is 0 Å². The number of hydrogen-bond acceptors (Lipinski definition) is 2. The first kappa shape index (κ1) is 14.0. The fourth-order valence-electron chi connectivity index (χ4n) is 2.68. The monoisotopic (exact) mass is 226 g/mol. The third kappa shape index (κ3) is 3.21. The molecule has 2 heteroatoms. The summed E-state index contributed by atoms with van der Waals surface area (Å²) in [6.07, 6.45) is 0. The van der Waals surface area contributed by atoms with Gasteiger partial charge in [-0.2, -0.15) is 0 Å². The fourth-order valence-corrected chi connectivity index (χ4v) is 2.68. The van der Waals surface area contributed by atoms with E-state index >= 15 is 0 Å². The summed E-state index contributed by atoms with van der Waals surface area (Å²) in [5.41, 5.74) is 0.373. The maximum Gasteiger partial charge on any atom is 0.0274 e. The minimum Gasteiger partial charge on any atom is -0.298 e. The Morgan fingerprint density at radius 2 is 1.50 bits per heavy atom. The lowest BCUT2D eigenvalue weighted by Crippen LogP contribution is -2.60. The van der Waals surface area contributed by atoms with Crippen molar-refractivity contribution in [2.45, 2.75) is 66.6 Å². The van der Waals surface area contributed by atoms with E-state index in [1.165, 1.54) is 19.6 Å². The molecule has 1 heterocycles. The van der Waals surface area contributed by atoms with Crippen LogP contribution < -0.4 is 0 Å². The van der Waals surface area contributed by atoms with Gasteiger partial charge in [-0.1, -0.05) is 20.8 Å². The standard InChI is InChI=1S/C14H30N2/c1-11(2)15-8-9-16(12(3)4)13(10-15)14(5,6)7/h11-13H,8-10H2,1-7H3. The molecular weight excluding hydrogens is 196 g/mol. The van der Waals surface area contributed by atoms with Crippen LogP contribution in [-0.2, 0) is 0 Å². The molecule has 0 amide bonds. The van der Waals surface area contributed by atoms with E-state index < -0.39 is 0 Å². The minimum atomic E-state index is 0.373. The molecule has 1 rings (SSSR count). The van der Waals surface area contributed by atoms with Crippen LogP contribution in [0.1, 0.15) is 48.5 Å². The number of rotatable bonds is 2. The molecule has 0 bridgehead atoms. The summed E-state index contributed by atoms with van der Waals surface area (Å²) in [6.45, 7) is 20.0. The lowest BCUT2D eigenvalue weighted by molar-refractivity contribution is -0.0133. The van der Waals surface area contributed by atoms with Crippen LogP contribution in [-0.4, -0.2) is 47.6 Å². The molecule has 2 nitrogen and oxygen atoms in total. The zero-order valence-corrected chi connectivity index (χ0v) is 12.2. The van der Waals surface area contributed by atoms with Gasteiger partial charge in [-0.3, -0.25) is 9.80 Å². The fraction of sp³-hybridized carbons (Fsp3) is 1.00. The molecule has 0 spiro atoms. The molecule has 0 radical (unpaired) electrons. The van der Waals surface area contributed by atoms with Crippen molar-refractivity contribution in [2.24, 2.45) is 5.41 Å². The zero-order chi connectivity index (χ0) is 12.5. The van der Waals surface area contributed by atoms with Gasteiger partial charge in [0, 0.05) is 37.8 Å². The highest BCUT2D eigenvalue weighted by atomic mass is 15.3. The first-order valence-electron chi connectivity index (χ1n) is 6.73. The van der Waals surface area contributed by atoms with E-state index in [9.17, 15) is 0 Å². The Labute approximate surface area is 102 Å². The molecule has 1 aliphatic heterocycles. The molecule has 0 aliphatic carbocycles. The average molecular weight is 226 g/mol. The quantitative estimate of drug-likeness (QED) is 0.714. The molecule has 1 aliphatic rings. The van der Waals surface area contributed by atoms with Crippen molar-refractivity contribution in [1.82, 2.24) is 9.80 Å². The van der Waals surface area contributed by atoms with Crippen molar-refractivity contribution in [3.63, 3.8) is 0 Å². The SMILES string of the molecule is CC(C)N1CCN(C(C)C)C(C(C)(C)C)C1. The number of piperazine rings is 1. The third-order valence-electron chi connectivity index (χ3n) is 3.85. The predicted octanol–water partition coefficient (Wildman–Crippen LogP) is 2.84. The van der Waals surface area contributed by atoms with Crippen LogP contribution in [0.2, 0.25) is 0 Å². The summed E-state index contributed by atoms with van der Waals surface area (Å²) in [4.78, 5) is 5.30. The van der Waals surface area contributed by atoms with Crippen LogP contribution in [0.5, 0.6) is 0 Å².